The SMILES string of the molecule is Ic1ccc(-c2nnc(-c3ccccc3)o2)cc1.c1ccc(-c2ccc3c(c2)-c2ccccc2C3)cc1.c1ccc(-c2ccc3c(c2)c2ccccc2n3-c2ccc(-c3nnc(-c4ccccc4)o3)cc2)cc1. The molecule has 348 valence electrons. The van der Waals surface area contributed by atoms with E-state index in [1.54, 1.807) is 0 Å². The highest BCUT2D eigenvalue weighted by Gasteiger charge is 2.19. The minimum Gasteiger partial charge on any atom is -0.416 e. The molecule has 1 aliphatic carbocycles. The van der Waals surface area contributed by atoms with Gasteiger partial charge in [-0.3, -0.25) is 0 Å². The fourth-order valence-corrected chi connectivity index (χ4v) is 9.77. The Morgan fingerprint density at radius 1 is 0.315 bits per heavy atom. The summed E-state index contributed by atoms with van der Waals surface area (Å²) in [7, 11) is 0. The lowest BCUT2D eigenvalue weighted by Crippen LogP contribution is -1.93. The maximum Gasteiger partial charge on any atom is 0.248 e. The van der Waals surface area contributed by atoms with Crippen molar-refractivity contribution >= 4 is 44.4 Å². The predicted octanol–water partition coefficient (Wildman–Crippen LogP) is 17.1. The molecule has 0 atom stereocenters. The van der Waals surface area contributed by atoms with Crippen LogP contribution in [-0.4, -0.2) is 25.0 Å². The van der Waals surface area contributed by atoms with Crippen LogP contribution in [0.4, 0.5) is 0 Å². The summed E-state index contributed by atoms with van der Waals surface area (Å²) in [5.41, 5.74) is 17.8. The van der Waals surface area contributed by atoms with Crippen molar-refractivity contribution < 1.29 is 8.83 Å². The van der Waals surface area contributed by atoms with Crippen molar-refractivity contribution in [3.63, 3.8) is 0 Å². The molecule has 7 nitrogen and oxygen atoms in total. The topological polar surface area (TPSA) is 82.8 Å². The van der Waals surface area contributed by atoms with E-state index in [2.05, 4.69) is 199 Å². The molecule has 0 aliphatic heterocycles. The van der Waals surface area contributed by atoms with E-state index in [4.69, 9.17) is 8.83 Å². The Kier molecular flexibility index (Phi) is 12.6. The molecule has 3 heterocycles. The number of hydrogen-bond acceptors (Lipinski definition) is 6. The number of halogens is 1. The van der Waals surface area contributed by atoms with Crippen LogP contribution in [0.3, 0.4) is 0 Å². The van der Waals surface area contributed by atoms with E-state index < -0.39 is 0 Å². The molecule has 8 heteroatoms. The minimum atomic E-state index is 0.509. The Morgan fingerprint density at radius 2 is 0.726 bits per heavy atom. The van der Waals surface area contributed by atoms with Crippen LogP contribution in [0.2, 0.25) is 0 Å². The molecule has 0 saturated heterocycles. The summed E-state index contributed by atoms with van der Waals surface area (Å²) in [5.74, 6) is 2.12. The molecule has 3 aromatic heterocycles. The summed E-state index contributed by atoms with van der Waals surface area (Å²) in [4.78, 5) is 0. The van der Waals surface area contributed by atoms with Gasteiger partial charge in [0.15, 0.2) is 0 Å². The molecule has 0 fully saturated rings. The zero-order chi connectivity index (χ0) is 48.9. The van der Waals surface area contributed by atoms with Gasteiger partial charge in [-0.2, -0.15) is 0 Å². The van der Waals surface area contributed by atoms with Crippen LogP contribution in [-0.2, 0) is 6.42 Å². The zero-order valence-electron chi connectivity index (χ0n) is 39.4. The largest absolute Gasteiger partial charge is 0.416 e. The lowest BCUT2D eigenvalue weighted by molar-refractivity contribution is 0.584. The summed E-state index contributed by atoms with van der Waals surface area (Å²) < 4.78 is 15.1. The second kappa shape index (κ2) is 20.4. The van der Waals surface area contributed by atoms with E-state index >= 15 is 0 Å². The van der Waals surface area contributed by atoms with E-state index in [9.17, 15) is 0 Å². The average molecular weight is 1050 g/mol. The molecule has 73 heavy (non-hydrogen) atoms. The van der Waals surface area contributed by atoms with Crippen molar-refractivity contribution in [3.05, 3.63) is 269 Å². The van der Waals surface area contributed by atoms with Crippen molar-refractivity contribution in [1.29, 1.82) is 0 Å². The highest BCUT2D eigenvalue weighted by molar-refractivity contribution is 14.1. The highest BCUT2D eigenvalue weighted by Crippen LogP contribution is 2.39. The van der Waals surface area contributed by atoms with Gasteiger partial charge in [-0.05, 0) is 171 Å². The van der Waals surface area contributed by atoms with Gasteiger partial charge in [0.2, 0.25) is 23.6 Å². The Bertz CT molecular complexity index is 3980. The maximum absolute atomic E-state index is 5.95. The van der Waals surface area contributed by atoms with Gasteiger partial charge in [-0.25, -0.2) is 0 Å². The first kappa shape index (κ1) is 45.2. The van der Waals surface area contributed by atoms with Crippen molar-refractivity contribution in [2.75, 3.05) is 0 Å². The van der Waals surface area contributed by atoms with Crippen LogP contribution >= 0.6 is 22.6 Å². The van der Waals surface area contributed by atoms with Gasteiger partial charge in [0, 0.05) is 42.3 Å². The number of benzene rings is 10. The maximum atomic E-state index is 5.95. The first-order valence-electron chi connectivity index (χ1n) is 24.1. The smallest absolute Gasteiger partial charge is 0.248 e. The van der Waals surface area contributed by atoms with Crippen LogP contribution in [0.15, 0.2) is 264 Å². The Hall–Kier alpha value is -8.99. The molecule has 0 amide bonds. The quantitative estimate of drug-likeness (QED) is 0.148. The molecular formula is C65H44IN5O2. The fourth-order valence-electron chi connectivity index (χ4n) is 9.42. The zero-order valence-corrected chi connectivity index (χ0v) is 41.5. The first-order chi connectivity index (χ1) is 36.1. The van der Waals surface area contributed by atoms with Gasteiger partial charge >= 0.3 is 0 Å². The average Bonchev–Trinajstić information content (AvgIpc) is 4.30. The molecule has 1 aliphatic rings. The van der Waals surface area contributed by atoms with Crippen molar-refractivity contribution in [3.8, 4) is 84.9 Å². The van der Waals surface area contributed by atoms with E-state index in [1.165, 1.54) is 69.9 Å². The van der Waals surface area contributed by atoms with Crippen LogP contribution in [0, 0.1) is 3.57 Å². The summed E-state index contributed by atoms with van der Waals surface area (Å²) in [6.07, 6.45) is 1.07. The Balaban J connectivity index is 0.000000123. The van der Waals surface area contributed by atoms with E-state index in [0.717, 1.165) is 34.4 Å². The van der Waals surface area contributed by atoms with E-state index in [-0.39, 0.29) is 0 Å². The summed E-state index contributed by atoms with van der Waals surface area (Å²) in [6, 6.07) is 87.8. The number of hydrogen-bond donors (Lipinski definition) is 0. The van der Waals surface area contributed by atoms with Crippen LogP contribution in [0.1, 0.15) is 11.1 Å². The molecule has 0 unspecified atom stereocenters. The van der Waals surface area contributed by atoms with Crippen LogP contribution in [0.5, 0.6) is 0 Å². The predicted molar refractivity (Wildman–Crippen MR) is 303 cm³/mol. The van der Waals surface area contributed by atoms with Crippen molar-refractivity contribution in [2.45, 2.75) is 6.42 Å². The fraction of sp³-hybridized carbons (Fsp3) is 0.0154. The minimum absolute atomic E-state index is 0.509. The number of nitrogens with zero attached hydrogens (tertiary/aromatic N) is 5. The third-order valence-electron chi connectivity index (χ3n) is 13.0. The third-order valence-corrected chi connectivity index (χ3v) is 13.8. The molecule has 0 spiro atoms. The lowest BCUT2D eigenvalue weighted by Gasteiger charge is -2.09. The summed E-state index contributed by atoms with van der Waals surface area (Å²) in [5, 5.41) is 19.1. The summed E-state index contributed by atoms with van der Waals surface area (Å²) >= 11 is 2.26. The molecule has 13 aromatic rings. The molecule has 0 bridgehead atoms. The molecule has 14 rings (SSSR count). The Morgan fingerprint density at radius 3 is 1.30 bits per heavy atom. The van der Waals surface area contributed by atoms with Gasteiger partial charge in [-0.15, -0.1) is 20.4 Å². The molecule has 0 saturated carbocycles. The first-order valence-corrected chi connectivity index (χ1v) is 25.2. The lowest BCUT2D eigenvalue weighted by atomic mass is 9.99. The second-order valence-corrected chi connectivity index (χ2v) is 18.9. The number of aromatic nitrogens is 5. The van der Waals surface area contributed by atoms with Gasteiger partial charge < -0.3 is 13.4 Å². The van der Waals surface area contributed by atoms with Crippen molar-refractivity contribution in [1.82, 2.24) is 25.0 Å². The molecule has 10 aromatic carbocycles. The van der Waals surface area contributed by atoms with Gasteiger partial charge in [0.25, 0.3) is 0 Å². The highest BCUT2D eigenvalue weighted by atomic mass is 127. The van der Waals surface area contributed by atoms with Gasteiger partial charge in [0.05, 0.1) is 11.0 Å². The monoisotopic (exact) mass is 1050 g/mol. The number of fused-ring (bicyclic) bond motifs is 6. The van der Waals surface area contributed by atoms with Gasteiger partial charge in [-0.1, -0.05) is 158 Å². The molecule has 0 N–H and O–H groups in total. The van der Waals surface area contributed by atoms with Crippen molar-refractivity contribution in [2.24, 2.45) is 0 Å². The third kappa shape index (κ3) is 9.51. The van der Waals surface area contributed by atoms with Crippen LogP contribution < -0.4 is 0 Å². The normalized spacial score (nSPS) is 11.3. The van der Waals surface area contributed by atoms with Crippen LogP contribution in [0.25, 0.3) is 107 Å². The number of para-hydroxylation sites is 1. The van der Waals surface area contributed by atoms with E-state index in [0.29, 0.717) is 23.6 Å². The molecular weight excluding hydrogens is 1010 g/mol. The molecule has 0 radical (unpaired) electrons. The van der Waals surface area contributed by atoms with Gasteiger partial charge in [0.1, 0.15) is 0 Å². The second-order valence-electron chi connectivity index (χ2n) is 17.6. The van der Waals surface area contributed by atoms with E-state index in [1.807, 2.05) is 103 Å². The standard InChI is InChI=1S/C32H21N3O.C19H14.C14H9IN2O/c1-3-9-22(10-4-1)25-17-20-30-28(21-25)27-13-7-8-14-29(27)35(30)26-18-15-24(16-19-26)32-34-33-31(36-32)23-11-5-2-6-12-23;1-2-6-14(7-3-1)15-10-11-17-12-16-8-4-5-9-18(16)19(17)13-15;15-12-8-6-11(7-9-12)14-17-16-13(18-14)10-4-2-1-3-5-10/h1-21H;1-11,13H,12H2;1-9H. The Labute approximate surface area is 436 Å². The number of rotatable bonds is 7. The summed E-state index contributed by atoms with van der Waals surface area (Å²) in [6.45, 7) is 0.